The molecule has 0 N–H and O–H groups in total. The van der Waals surface area contributed by atoms with Crippen molar-refractivity contribution >= 4 is 12.0 Å². The van der Waals surface area contributed by atoms with E-state index in [4.69, 9.17) is 14.2 Å². The van der Waals surface area contributed by atoms with E-state index in [1.807, 2.05) is 62.4 Å². The Labute approximate surface area is 154 Å². The Bertz CT molecular complexity index is 716. The van der Waals surface area contributed by atoms with Crippen LogP contribution in [0.4, 0.5) is 5.69 Å². The molecule has 2 atom stereocenters. The zero-order valence-electron chi connectivity index (χ0n) is 15.3. The topological polar surface area (TPSA) is 48.0 Å². The van der Waals surface area contributed by atoms with Crippen molar-refractivity contribution in [1.29, 1.82) is 0 Å². The van der Waals surface area contributed by atoms with Gasteiger partial charge in [0.2, 0.25) is 0 Å². The van der Waals surface area contributed by atoms with Gasteiger partial charge in [-0.3, -0.25) is 0 Å². The van der Waals surface area contributed by atoms with E-state index in [0.29, 0.717) is 19.6 Å². The van der Waals surface area contributed by atoms with Gasteiger partial charge in [0.1, 0.15) is 30.5 Å². The summed E-state index contributed by atoms with van der Waals surface area (Å²) in [5, 5.41) is 0. The first kappa shape index (κ1) is 18.3. The van der Waals surface area contributed by atoms with Crippen LogP contribution in [0, 0.1) is 0 Å². The Kier molecular flexibility index (Phi) is 6.12. The van der Waals surface area contributed by atoms with E-state index >= 15 is 0 Å². The summed E-state index contributed by atoms with van der Waals surface area (Å²) in [4.78, 5) is 13.2. The maximum atomic E-state index is 11.0. The summed E-state index contributed by atoms with van der Waals surface area (Å²) < 4.78 is 17.2. The molecule has 1 unspecified atom stereocenters. The standard InChI is InChI=1S/C21H25NO4/c1-3-24-19(15-23)14-17-8-10-18(11-9-17)26-16(2)22-12-13-25-21-7-5-4-6-20(21)22/h4-11,15-16,19H,3,12-14H2,1-2H3/t16?,19-/m0/s1. The van der Waals surface area contributed by atoms with Crippen LogP contribution in [0.5, 0.6) is 11.5 Å². The highest BCUT2D eigenvalue weighted by molar-refractivity contribution is 5.60. The number of para-hydroxylation sites is 2. The summed E-state index contributed by atoms with van der Waals surface area (Å²) in [5.41, 5.74) is 2.10. The van der Waals surface area contributed by atoms with Gasteiger partial charge < -0.3 is 23.9 Å². The first-order valence-electron chi connectivity index (χ1n) is 9.02. The highest BCUT2D eigenvalue weighted by atomic mass is 16.5. The number of fused-ring (bicyclic) bond motifs is 1. The van der Waals surface area contributed by atoms with E-state index in [1.54, 1.807) is 0 Å². The third-order valence-corrected chi connectivity index (χ3v) is 4.40. The van der Waals surface area contributed by atoms with Crippen molar-refractivity contribution in [2.24, 2.45) is 0 Å². The molecule has 3 rings (SSSR count). The summed E-state index contributed by atoms with van der Waals surface area (Å²) in [5.74, 6) is 1.68. The van der Waals surface area contributed by atoms with Gasteiger partial charge in [-0.15, -0.1) is 0 Å². The summed E-state index contributed by atoms with van der Waals surface area (Å²) in [6.07, 6.45) is 0.920. The van der Waals surface area contributed by atoms with Crippen molar-refractivity contribution in [2.45, 2.75) is 32.6 Å². The summed E-state index contributed by atoms with van der Waals surface area (Å²) in [6, 6.07) is 15.8. The average Bonchev–Trinajstić information content (AvgIpc) is 2.68. The molecule has 0 saturated carbocycles. The molecule has 1 heterocycles. The molecule has 0 amide bonds. The highest BCUT2D eigenvalue weighted by Gasteiger charge is 2.23. The molecular weight excluding hydrogens is 330 g/mol. The largest absolute Gasteiger partial charge is 0.490 e. The predicted octanol–water partition coefficient (Wildman–Crippen LogP) is 3.46. The van der Waals surface area contributed by atoms with Crippen LogP contribution < -0.4 is 14.4 Å². The van der Waals surface area contributed by atoms with E-state index in [0.717, 1.165) is 35.6 Å². The maximum Gasteiger partial charge on any atom is 0.169 e. The van der Waals surface area contributed by atoms with Crippen LogP contribution in [-0.4, -0.2) is 38.4 Å². The van der Waals surface area contributed by atoms with Gasteiger partial charge in [0, 0.05) is 13.0 Å². The average molecular weight is 355 g/mol. The van der Waals surface area contributed by atoms with Crippen molar-refractivity contribution in [3.05, 3.63) is 54.1 Å². The third kappa shape index (κ3) is 4.35. The first-order valence-corrected chi connectivity index (χ1v) is 9.02. The molecule has 5 nitrogen and oxygen atoms in total. The molecule has 0 aromatic heterocycles. The van der Waals surface area contributed by atoms with Crippen LogP contribution in [-0.2, 0) is 16.0 Å². The predicted molar refractivity (Wildman–Crippen MR) is 101 cm³/mol. The number of anilines is 1. The number of benzene rings is 2. The van der Waals surface area contributed by atoms with Gasteiger partial charge in [0.15, 0.2) is 6.23 Å². The Morgan fingerprint density at radius 2 is 1.96 bits per heavy atom. The Morgan fingerprint density at radius 1 is 1.19 bits per heavy atom. The van der Waals surface area contributed by atoms with Crippen molar-refractivity contribution in [1.82, 2.24) is 0 Å². The van der Waals surface area contributed by atoms with Crippen LogP contribution in [0.1, 0.15) is 19.4 Å². The lowest BCUT2D eigenvalue weighted by Gasteiger charge is -2.35. The van der Waals surface area contributed by atoms with Gasteiger partial charge in [-0.2, -0.15) is 0 Å². The number of carbonyl (C=O) groups excluding carboxylic acids is 1. The van der Waals surface area contributed by atoms with Crippen LogP contribution in [0.2, 0.25) is 0 Å². The fourth-order valence-corrected chi connectivity index (χ4v) is 3.13. The number of nitrogens with zero attached hydrogens (tertiary/aromatic N) is 1. The van der Waals surface area contributed by atoms with Gasteiger partial charge in [0.25, 0.3) is 0 Å². The quantitative estimate of drug-likeness (QED) is 0.679. The normalized spacial score (nSPS) is 15.5. The number of hydrogen-bond acceptors (Lipinski definition) is 5. The van der Waals surface area contributed by atoms with Crippen molar-refractivity contribution in [3.8, 4) is 11.5 Å². The zero-order valence-corrected chi connectivity index (χ0v) is 15.3. The minimum atomic E-state index is -0.393. The molecule has 0 bridgehead atoms. The second-order valence-corrected chi connectivity index (χ2v) is 6.20. The summed E-state index contributed by atoms with van der Waals surface area (Å²) >= 11 is 0. The van der Waals surface area contributed by atoms with Gasteiger partial charge >= 0.3 is 0 Å². The lowest BCUT2D eigenvalue weighted by molar-refractivity contribution is -0.117. The third-order valence-electron chi connectivity index (χ3n) is 4.40. The Hall–Kier alpha value is -2.53. The minimum absolute atomic E-state index is 0.114. The van der Waals surface area contributed by atoms with Crippen LogP contribution >= 0.6 is 0 Å². The van der Waals surface area contributed by atoms with Crippen molar-refractivity contribution in [2.75, 3.05) is 24.7 Å². The second kappa shape index (κ2) is 8.72. The molecule has 5 heteroatoms. The Balaban J connectivity index is 1.63. The molecule has 2 aromatic carbocycles. The first-order chi connectivity index (χ1) is 12.7. The number of rotatable bonds is 8. The van der Waals surface area contributed by atoms with Gasteiger partial charge in [-0.25, -0.2) is 0 Å². The van der Waals surface area contributed by atoms with Gasteiger partial charge in [-0.1, -0.05) is 24.3 Å². The van der Waals surface area contributed by atoms with E-state index in [2.05, 4.69) is 4.90 Å². The van der Waals surface area contributed by atoms with Crippen molar-refractivity contribution in [3.63, 3.8) is 0 Å². The number of carbonyl (C=O) groups is 1. The fraction of sp³-hybridized carbons (Fsp3) is 0.381. The number of ether oxygens (including phenoxy) is 3. The molecule has 0 aliphatic carbocycles. The molecule has 0 spiro atoms. The zero-order chi connectivity index (χ0) is 18.4. The van der Waals surface area contributed by atoms with Crippen molar-refractivity contribution < 1.29 is 19.0 Å². The van der Waals surface area contributed by atoms with Crippen LogP contribution in [0.3, 0.4) is 0 Å². The molecule has 138 valence electrons. The van der Waals surface area contributed by atoms with E-state index < -0.39 is 6.10 Å². The highest BCUT2D eigenvalue weighted by Crippen LogP contribution is 2.32. The Morgan fingerprint density at radius 3 is 2.69 bits per heavy atom. The molecule has 2 aromatic rings. The molecule has 0 fully saturated rings. The molecule has 1 aliphatic heterocycles. The van der Waals surface area contributed by atoms with Crippen LogP contribution in [0.25, 0.3) is 0 Å². The lowest BCUT2D eigenvalue weighted by Crippen LogP contribution is -2.42. The van der Waals surface area contributed by atoms with E-state index in [9.17, 15) is 4.79 Å². The molecule has 26 heavy (non-hydrogen) atoms. The molecule has 1 aliphatic rings. The van der Waals surface area contributed by atoms with Gasteiger partial charge in [0.05, 0.1) is 12.2 Å². The number of hydrogen-bond donors (Lipinski definition) is 0. The minimum Gasteiger partial charge on any atom is -0.490 e. The fourth-order valence-electron chi connectivity index (χ4n) is 3.13. The summed E-state index contributed by atoms with van der Waals surface area (Å²) in [7, 11) is 0. The second-order valence-electron chi connectivity index (χ2n) is 6.20. The molecule has 0 radical (unpaired) electrons. The maximum absolute atomic E-state index is 11.0. The monoisotopic (exact) mass is 355 g/mol. The van der Waals surface area contributed by atoms with Gasteiger partial charge in [-0.05, 0) is 43.7 Å². The lowest BCUT2D eigenvalue weighted by atomic mass is 10.1. The smallest absolute Gasteiger partial charge is 0.169 e. The van der Waals surface area contributed by atoms with Crippen LogP contribution in [0.15, 0.2) is 48.5 Å². The molecule has 0 saturated heterocycles. The van der Waals surface area contributed by atoms with E-state index in [-0.39, 0.29) is 6.23 Å². The summed E-state index contributed by atoms with van der Waals surface area (Å²) in [6.45, 7) is 5.88. The van der Waals surface area contributed by atoms with E-state index in [1.165, 1.54) is 0 Å². The number of aldehydes is 1. The SMILES string of the molecule is CCO[C@H](C=O)Cc1ccc(OC(C)N2CCOc3ccccc32)cc1. The molecular formula is C21H25NO4.